The summed E-state index contributed by atoms with van der Waals surface area (Å²) < 4.78 is 28.0. The summed E-state index contributed by atoms with van der Waals surface area (Å²) in [5.41, 5.74) is 1.64. The topological polar surface area (TPSA) is 58.2 Å². The highest BCUT2D eigenvalue weighted by atomic mass is 79.9. The van der Waals surface area contributed by atoms with Gasteiger partial charge in [-0.2, -0.15) is 0 Å². The summed E-state index contributed by atoms with van der Waals surface area (Å²) in [7, 11) is -3.30. The zero-order valence-corrected chi connectivity index (χ0v) is 12.6. The van der Waals surface area contributed by atoms with Crippen molar-refractivity contribution in [2.45, 2.75) is 25.0 Å². The van der Waals surface area contributed by atoms with Crippen molar-refractivity contribution in [3.8, 4) is 0 Å². The number of aryl methyl sites for hydroxylation is 1. The summed E-state index contributed by atoms with van der Waals surface area (Å²) in [5, 5.41) is 2.78. The molecule has 1 atom stereocenters. The van der Waals surface area contributed by atoms with Crippen molar-refractivity contribution in [3.63, 3.8) is 0 Å². The fourth-order valence-corrected chi connectivity index (χ4v) is 4.16. The first-order chi connectivity index (χ1) is 8.47. The Labute approximate surface area is 116 Å². The maximum absolute atomic E-state index is 12.2. The van der Waals surface area contributed by atoms with Crippen molar-refractivity contribution in [2.75, 3.05) is 17.8 Å². The fourth-order valence-electron chi connectivity index (χ4n) is 2.13. The van der Waals surface area contributed by atoms with Gasteiger partial charge in [0.2, 0.25) is 10.0 Å². The number of piperidine rings is 1. The first-order valence-electron chi connectivity index (χ1n) is 5.97. The molecule has 4 nitrogen and oxygen atoms in total. The number of sulfonamides is 1. The first kappa shape index (κ1) is 13.8. The Balaban J connectivity index is 2.16. The molecule has 0 bridgehead atoms. The van der Waals surface area contributed by atoms with Gasteiger partial charge in [0.15, 0.2) is 0 Å². The number of hydrogen-bond acceptors (Lipinski definition) is 3. The van der Waals surface area contributed by atoms with E-state index in [4.69, 9.17) is 0 Å². The van der Waals surface area contributed by atoms with Crippen LogP contribution in [-0.2, 0) is 10.0 Å². The Hall–Kier alpha value is -0.590. The zero-order valence-electron chi connectivity index (χ0n) is 10.2. The minimum atomic E-state index is -3.30. The largest absolute Gasteiger partial charge is 0.315 e. The van der Waals surface area contributed by atoms with E-state index in [-0.39, 0.29) is 5.25 Å². The van der Waals surface area contributed by atoms with Crippen LogP contribution in [0.2, 0.25) is 0 Å². The second-order valence-electron chi connectivity index (χ2n) is 4.63. The molecule has 0 spiro atoms. The summed E-state index contributed by atoms with van der Waals surface area (Å²) in [6.45, 7) is 3.37. The molecular weight excluding hydrogens is 316 g/mol. The maximum atomic E-state index is 12.2. The molecule has 1 saturated heterocycles. The maximum Gasteiger partial charge on any atom is 0.236 e. The molecule has 1 aliphatic rings. The van der Waals surface area contributed by atoms with E-state index in [0.717, 1.165) is 29.4 Å². The van der Waals surface area contributed by atoms with E-state index in [0.29, 0.717) is 12.2 Å². The van der Waals surface area contributed by atoms with Crippen LogP contribution in [0, 0.1) is 6.92 Å². The van der Waals surface area contributed by atoms with Gasteiger partial charge in [-0.3, -0.25) is 4.72 Å². The Morgan fingerprint density at radius 1 is 1.39 bits per heavy atom. The van der Waals surface area contributed by atoms with Gasteiger partial charge in [0.1, 0.15) is 0 Å². The number of rotatable bonds is 3. The second-order valence-corrected chi connectivity index (χ2v) is 7.51. The van der Waals surface area contributed by atoms with E-state index in [9.17, 15) is 8.42 Å². The van der Waals surface area contributed by atoms with Crippen LogP contribution in [0.25, 0.3) is 0 Å². The lowest BCUT2D eigenvalue weighted by Gasteiger charge is -2.23. The molecule has 0 radical (unpaired) electrons. The Kier molecular flexibility index (Phi) is 4.29. The van der Waals surface area contributed by atoms with Gasteiger partial charge >= 0.3 is 0 Å². The van der Waals surface area contributed by atoms with Gasteiger partial charge in [-0.25, -0.2) is 8.42 Å². The minimum absolute atomic E-state index is 0.342. The summed E-state index contributed by atoms with van der Waals surface area (Å²) in [6, 6.07) is 5.55. The number of benzene rings is 1. The third-order valence-corrected chi connectivity index (χ3v) is 5.25. The van der Waals surface area contributed by atoms with Crippen LogP contribution < -0.4 is 10.0 Å². The number of anilines is 1. The monoisotopic (exact) mass is 332 g/mol. The molecule has 0 aromatic heterocycles. The Morgan fingerprint density at radius 3 is 2.78 bits per heavy atom. The average Bonchev–Trinajstić information content (AvgIpc) is 2.28. The molecule has 1 heterocycles. The smallest absolute Gasteiger partial charge is 0.236 e. The van der Waals surface area contributed by atoms with Crippen molar-refractivity contribution in [2.24, 2.45) is 0 Å². The normalized spacial score (nSPS) is 20.7. The van der Waals surface area contributed by atoms with Gasteiger partial charge in [-0.1, -0.05) is 15.9 Å². The van der Waals surface area contributed by atoms with E-state index in [1.807, 2.05) is 19.1 Å². The molecule has 0 aliphatic carbocycles. The molecule has 1 aliphatic heterocycles. The highest BCUT2D eigenvalue weighted by Crippen LogP contribution is 2.22. The lowest BCUT2D eigenvalue weighted by atomic mass is 10.2. The molecule has 0 saturated carbocycles. The quantitative estimate of drug-likeness (QED) is 0.892. The van der Waals surface area contributed by atoms with Crippen molar-refractivity contribution in [1.82, 2.24) is 5.32 Å². The molecule has 1 aromatic rings. The van der Waals surface area contributed by atoms with E-state index in [1.165, 1.54) is 0 Å². The Bertz CT molecular complexity index is 505. The van der Waals surface area contributed by atoms with Crippen molar-refractivity contribution < 1.29 is 8.42 Å². The van der Waals surface area contributed by atoms with Gasteiger partial charge in [0.05, 0.1) is 5.25 Å². The predicted octanol–water partition coefficient (Wildman–Crippen LogP) is 2.25. The third-order valence-electron chi connectivity index (χ3n) is 2.99. The van der Waals surface area contributed by atoms with Crippen LogP contribution in [0.4, 0.5) is 5.69 Å². The molecule has 1 unspecified atom stereocenters. The second kappa shape index (κ2) is 5.59. The standard InChI is InChI=1S/C12H17BrN2O2S/c1-9-5-10(13)7-11(6-9)15-18(16,17)12-3-2-4-14-8-12/h5-7,12,14-15H,2-4,8H2,1H3. The number of nitrogens with one attached hydrogen (secondary N) is 2. The lowest BCUT2D eigenvalue weighted by Crippen LogP contribution is -2.41. The van der Waals surface area contributed by atoms with E-state index in [1.54, 1.807) is 6.07 Å². The van der Waals surface area contributed by atoms with Gasteiger partial charge < -0.3 is 5.32 Å². The van der Waals surface area contributed by atoms with Crippen LogP contribution in [-0.4, -0.2) is 26.8 Å². The van der Waals surface area contributed by atoms with Gasteiger partial charge in [-0.15, -0.1) is 0 Å². The summed E-state index contributed by atoms with van der Waals surface area (Å²) >= 11 is 3.37. The van der Waals surface area contributed by atoms with Crippen LogP contribution in [0.3, 0.4) is 0 Å². The van der Waals surface area contributed by atoms with Gasteiger partial charge in [0, 0.05) is 16.7 Å². The molecule has 1 fully saturated rings. The third kappa shape index (κ3) is 3.46. The first-order valence-corrected chi connectivity index (χ1v) is 8.31. The number of hydrogen-bond donors (Lipinski definition) is 2. The summed E-state index contributed by atoms with van der Waals surface area (Å²) in [6.07, 6.45) is 1.62. The Morgan fingerprint density at radius 2 is 2.17 bits per heavy atom. The summed E-state index contributed by atoms with van der Waals surface area (Å²) in [4.78, 5) is 0. The van der Waals surface area contributed by atoms with Crippen LogP contribution in [0.1, 0.15) is 18.4 Å². The number of halogens is 1. The van der Waals surface area contributed by atoms with Gasteiger partial charge in [0.25, 0.3) is 0 Å². The van der Waals surface area contributed by atoms with E-state index < -0.39 is 10.0 Å². The molecule has 0 amide bonds. The molecule has 2 rings (SSSR count). The average molecular weight is 333 g/mol. The van der Waals surface area contributed by atoms with E-state index in [2.05, 4.69) is 26.0 Å². The summed E-state index contributed by atoms with van der Waals surface area (Å²) in [5.74, 6) is 0. The van der Waals surface area contributed by atoms with Crippen molar-refractivity contribution in [1.29, 1.82) is 0 Å². The van der Waals surface area contributed by atoms with Crippen LogP contribution in [0.15, 0.2) is 22.7 Å². The SMILES string of the molecule is Cc1cc(Br)cc(NS(=O)(=O)C2CCCNC2)c1. The van der Waals surface area contributed by atoms with E-state index >= 15 is 0 Å². The zero-order chi connectivity index (χ0) is 13.2. The fraction of sp³-hybridized carbons (Fsp3) is 0.500. The molecule has 2 N–H and O–H groups in total. The van der Waals surface area contributed by atoms with Crippen molar-refractivity contribution >= 4 is 31.6 Å². The molecule has 100 valence electrons. The van der Waals surface area contributed by atoms with Crippen molar-refractivity contribution in [3.05, 3.63) is 28.2 Å². The highest BCUT2D eigenvalue weighted by molar-refractivity contribution is 9.10. The van der Waals surface area contributed by atoms with Crippen LogP contribution >= 0.6 is 15.9 Å². The van der Waals surface area contributed by atoms with Gasteiger partial charge in [-0.05, 0) is 50.1 Å². The molecule has 1 aromatic carbocycles. The predicted molar refractivity (Wildman–Crippen MR) is 77.3 cm³/mol. The van der Waals surface area contributed by atoms with Crippen LogP contribution in [0.5, 0.6) is 0 Å². The molecular formula is C12H17BrN2O2S. The highest BCUT2D eigenvalue weighted by Gasteiger charge is 2.27. The minimum Gasteiger partial charge on any atom is -0.315 e. The molecule has 18 heavy (non-hydrogen) atoms. The lowest BCUT2D eigenvalue weighted by molar-refractivity contribution is 0.499. The molecule has 6 heteroatoms.